The zero-order chi connectivity index (χ0) is 18.5. The van der Waals surface area contributed by atoms with E-state index in [1.807, 2.05) is 30.3 Å². The van der Waals surface area contributed by atoms with E-state index in [0.29, 0.717) is 18.0 Å². The van der Waals surface area contributed by atoms with Gasteiger partial charge in [0.2, 0.25) is 6.10 Å². The van der Waals surface area contributed by atoms with Gasteiger partial charge >= 0.3 is 0 Å². The van der Waals surface area contributed by atoms with E-state index in [2.05, 4.69) is 28.4 Å². The first-order chi connectivity index (χ1) is 13.3. The number of nitrogens with zero attached hydrogens (tertiary/aromatic N) is 1. The Hall–Kier alpha value is -2.53. The minimum Gasteiger partial charge on any atom is -0.485 e. The molecule has 1 amide bonds. The lowest BCUT2D eigenvalue weighted by molar-refractivity contribution is -0.130. The third-order valence-corrected chi connectivity index (χ3v) is 5.22. The third-order valence-electron chi connectivity index (χ3n) is 5.22. The quantitative estimate of drug-likeness (QED) is 0.883. The number of hydrogen-bond acceptors (Lipinski definition) is 4. The molecular weight excluding hydrogens is 340 g/mol. The van der Waals surface area contributed by atoms with Gasteiger partial charge in [-0.15, -0.1) is 0 Å². The highest BCUT2D eigenvalue weighted by molar-refractivity contribution is 5.81. The van der Waals surface area contributed by atoms with Crippen molar-refractivity contribution in [1.29, 1.82) is 0 Å². The smallest absolute Gasteiger partial charge is 0.264 e. The number of piperidine rings is 1. The molecule has 2 aromatic carbocycles. The Morgan fingerprint density at radius 3 is 2.48 bits per heavy atom. The monoisotopic (exact) mass is 366 g/mol. The molecule has 1 N–H and O–H groups in total. The molecule has 2 aliphatic heterocycles. The number of fused-ring (bicyclic) bond motifs is 1. The number of para-hydroxylation sites is 2. The first-order valence-electron chi connectivity index (χ1n) is 9.75. The van der Waals surface area contributed by atoms with Crippen molar-refractivity contribution in [2.45, 2.75) is 38.5 Å². The molecule has 0 aromatic heterocycles. The van der Waals surface area contributed by atoms with Crippen LogP contribution in [0.4, 0.5) is 0 Å². The van der Waals surface area contributed by atoms with Crippen molar-refractivity contribution in [3.8, 4) is 11.5 Å². The SMILES string of the molecule is O=C(NCc1ccccc1CN1CCCCC1)C1COc2ccccc2O1. The highest BCUT2D eigenvalue weighted by Crippen LogP contribution is 2.30. The molecule has 142 valence electrons. The lowest BCUT2D eigenvalue weighted by Crippen LogP contribution is -2.43. The second kappa shape index (κ2) is 8.44. The van der Waals surface area contributed by atoms with Crippen LogP contribution in [0.15, 0.2) is 48.5 Å². The third kappa shape index (κ3) is 4.42. The van der Waals surface area contributed by atoms with E-state index in [1.165, 1.54) is 24.8 Å². The second-order valence-corrected chi connectivity index (χ2v) is 7.19. The molecule has 1 saturated heterocycles. The number of rotatable bonds is 5. The predicted molar refractivity (Wildman–Crippen MR) is 104 cm³/mol. The van der Waals surface area contributed by atoms with Gasteiger partial charge in [0.1, 0.15) is 6.61 Å². The first kappa shape index (κ1) is 17.9. The lowest BCUT2D eigenvalue weighted by atomic mass is 10.0. The summed E-state index contributed by atoms with van der Waals surface area (Å²) in [5.74, 6) is 1.17. The number of nitrogens with one attached hydrogen (secondary N) is 1. The van der Waals surface area contributed by atoms with Crippen LogP contribution >= 0.6 is 0 Å². The number of amides is 1. The fraction of sp³-hybridized carbons (Fsp3) is 0.409. The van der Waals surface area contributed by atoms with E-state index in [4.69, 9.17) is 9.47 Å². The molecule has 0 radical (unpaired) electrons. The van der Waals surface area contributed by atoms with Gasteiger partial charge < -0.3 is 14.8 Å². The maximum atomic E-state index is 12.6. The standard InChI is InChI=1S/C22H26N2O3/c25-22(21-16-26-19-10-4-5-11-20(19)27-21)23-14-17-8-2-3-9-18(17)15-24-12-6-1-7-13-24/h2-5,8-11,21H,1,6-7,12-16H2,(H,23,25). The summed E-state index contributed by atoms with van der Waals surface area (Å²) in [6, 6.07) is 15.8. The van der Waals surface area contributed by atoms with Crippen molar-refractivity contribution in [3.63, 3.8) is 0 Å². The highest BCUT2D eigenvalue weighted by Gasteiger charge is 2.27. The average Bonchev–Trinajstić information content (AvgIpc) is 2.73. The van der Waals surface area contributed by atoms with E-state index >= 15 is 0 Å². The molecule has 5 heteroatoms. The minimum atomic E-state index is -0.617. The van der Waals surface area contributed by atoms with E-state index in [-0.39, 0.29) is 12.5 Å². The van der Waals surface area contributed by atoms with E-state index < -0.39 is 6.10 Å². The Kier molecular flexibility index (Phi) is 5.58. The summed E-state index contributed by atoms with van der Waals surface area (Å²) in [4.78, 5) is 15.1. The van der Waals surface area contributed by atoms with Gasteiger partial charge in [-0.1, -0.05) is 42.8 Å². The predicted octanol–water partition coefficient (Wildman–Crippen LogP) is 3.13. The van der Waals surface area contributed by atoms with Crippen LogP contribution in [0.2, 0.25) is 0 Å². The summed E-state index contributed by atoms with van der Waals surface area (Å²) in [5.41, 5.74) is 2.44. The average molecular weight is 366 g/mol. The van der Waals surface area contributed by atoms with Crippen LogP contribution in [0.1, 0.15) is 30.4 Å². The molecule has 0 bridgehead atoms. The van der Waals surface area contributed by atoms with Gasteiger partial charge in [-0.25, -0.2) is 0 Å². The van der Waals surface area contributed by atoms with Crippen molar-refractivity contribution in [2.75, 3.05) is 19.7 Å². The Morgan fingerprint density at radius 1 is 0.963 bits per heavy atom. The van der Waals surface area contributed by atoms with Gasteiger partial charge in [0.05, 0.1) is 0 Å². The second-order valence-electron chi connectivity index (χ2n) is 7.19. The number of carbonyl (C=O) groups is 1. The van der Waals surface area contributed by atoms with Gasteiger partial charge in [-0.3, -0.25) is 9.69 Å². The van der Waals surface area contributed by atoms with Gasteiger partial charge in [-0.2, -0.15) is 0 Å². The summed E-state index contributed by atoms with van der Waals surface area (Å²) >= 11 is 0. The molecule has 1 unspecified atom stereocenters. The number of ether oxygens (including phenoxy) is 2. The molecular formula is C22H26N2O3. The van der Waals surface area contributed by atoms with Crippen LogP contribution in [-0.4, -0.2) is 36.6 Å². The van der Waals surface area contributed by atoms with Crippen LogP contribution in [0, 0.1) is 0 Å². The van der Waals surface area contributed by atoms with Crippen molar-refractivity contribution in [2.24, 2.45) is 0 Å². The largest absolute Gasteiger partial charge is 0.485 e. The molecule has 0 spiro atoms. The van der Waals surface area contributed by atoms with Gasteiger partial charge in [0.15, 0.2) is 11.5 Å². The number of hydrogen-bond donors (Lipinski definition) is 1. The first-order valence-corrected chi connectivity index (χ1v) is 9.75. The zero-order valence-electron chi connectivity index (χ0n) is 15.5. The Labute approximate surface area is 160 Å². The lowest BCUT2D eigenvalue weighted by Gasteiger charge is -2.28. The molecule has 2 aliphatic rings. The van der Waals surface area contributed by atoms with Crippen molar-refractivity contribution < 1.29 is 14.3 Å². The molecule has 5 nitrogen and oxygen atoms in total. The zero-order valence-corrected chi connectivity index (χ0v) is 15.5. The van der Waals surface area contributed by atoms with E-state index in [0.717, 1.165) is 25.2 Å². The molecule has 0 aliphatic carbocycles. The molecule has 0 saturated carbocycles. The van der Waals surface area contributed by atoms with Crippen LogP contribution in [-0.2, 0) is 17.9 Å². The summed E-state index contributed by atoms with van der Waals surface area (Å²) in [6.45, 7) is 4.01. The normalized spacial score (nSPS) is 19.5. The van der Waals surface area contributed by atoms with E-state index in [1.54, 1.807) is 0 Å². The van der Waals surface area contributed by atoms with E-state index in [9.17, 15) is 4.79 Å². The van der Waals surface area contributed by atoms with Gasteiger partial charge in [0.25, 0.3) is 5.91 Å². The fourth-order valence-corrected chi connectivity index (χ4v) is 3.69. The minimum absolute atomic E-state index is 0.141. The number of likely N-dealkylation sites (tertiary alicyclic amines) is 1. The number of benzene rings is 2. The van der Waals surface area contributed by atoms with Crippen LogP contribution < -0.4 is 14.8 Å². The molecule has 1 atom stereocenters. The number of carbonyl (C=O) groups excluding carboxylic acids is 1. The topological polar surface area (TPSA) is 50.8 Å². The molecule has 2 aromatic rings. The van der Waals surface area contributed by atoms with Crippen LogP contribution in [0.5, 0.6) is 11.5 Å². The molecule has 2 heterocycles. The Balaban J connectivity index is 1.35. The molecule has 4 rings (SSSR count). The Morgan fingerprint density at radius 2 is 1.67 bits per heavy atom. The maximum Gasteiger partial charge on any atom is 0.264 e. The Bertz CT molecular complexity index is 787. The van der Waals surface area contributed by atoms with Gasteiger partial charge in [0, 0.05) is 13.1 Å². The molecule has 1 fully saturated rings. The van der Waals surface area contributed by atoms with Gasteiger partial charge in [-0.05, 0) is 49.2 Å². The van der Waals surface area contributed by atoms with Crippen molar-refractivity contribution in [3.05, 3.63) is 59.7 Å². The molecule has 27 heavy (non-hydrogen) atoms. The summed E-state index contributed by atoms with van der Waals surface area (Å²) in [5, 5.41) is 3.01. The summed E-state index contributed by atoms with van der Waals surface area (Å²) in [6.07, 6.45) is 3.27. The maximum absolute atomic E-state index is 12.6. The highest BCUT2D eigenvalue weighted by atomic mass is 16.6. The van der Waals surface area contributed by atoms with Crippen molar-refractivity contribution in [1.82, 2.24) is 10.2 Å². The van der Waals surface area contributed by atoms with Crippen molar-refractivity contribution >= 4 is 5.91 Å². The summed E-state index contributed by atoms with van der Waals surface area (Å²) in [7, 11) is 0. The fourth-order valence-electron chi connectivity index (χ4n) is 3.69. The van der Waals surface area contributed by atoms with Crippen LogP contribution in [0.25, 0.3) is 0 Å². The summed E-state index contributed by atoms with van der Waals surface area (Å²) < 4.78 is 11.4. The van der Waals surface area contributed by atoms with Crippen LogP contribution in [0.3, 0.4) is 0 Å².